The van der Waals surface area contributed by atoms with Crippen LogP contribution in [0.3, 0.4) is 0 Å². The summed E-state index contributed by atoms with van der Waals surface area (Å²) in [6.45, 7) is 3.50. The van der Waals surface area contributed by atoms with E-state index in [1.165, 1.54) is 51.5 Å². The number of aliphatic hydroxyl groups is 1. The molecule has 0 aromatic carbocycles. The summed E-state index contributed by atoms with van der Waals surface area (Å²) in [6, 6.07) is 1.25. The van der Waals surface area contributed by atoms with Crippen LogP contribution in [0.4, 0.5) is 0 Å². The first kappa shape index (κ1) is 11.4. The van der Waals surface area contributed by atoms with E-state index in [4.69, 9.17) is 0 Å². The molecule has 2 heteroatoms. The van der Waals surface area contributed by atoms with Crippen LogP contribution < -0.4 is 0 Å². The lowest BCUT2D eigenvalue weighted by Gasteiger charge is -2.41. The molecule has 0 amide bonds. The quantitative estimate of drug-likeness (QED) is 0.775. The predicted molar refractivity (Wildman–Crippen MR) is 62.9 cm³/mol. The van der Waals surface area contributed by atoms with Gasteiger partial charge in [-0.2, -0.15) is 0 Å². The molecule has 3 atom stereocenters. The zero-order chi connectivity index (χ0) is 10.7. The number of nitrogens with zero attached hydrogens (tertiary/aromatic N) is 1. The van der Waals surface area contributed by atoms with Gasteiger partial charge in [0, 0.05) is 12.1 Å². The van der Waals surface area contributed by atoms with Crippen LogP contribution in [0, 0.1) is 0 Å². The average Bonchev–Trinajstić information content (AvgIpc) is 2.66. The summed E-state index contributed by atoms with van der Waals surface area (Å²) in [5, 5.41) is 9.99. The molecule has 2 aliphatic rings. The number of hydrogen-bond donors (Lipinski definition) is 1. The Morgan fingerprint density at radius 1 is 1.13 bits per heavy atom. The second kappa shape index (κ2) is 5.31. The zero-order valence-corrected chi connectivity index (χ0v) is 9.99. The molecule has 2 nitrogen and oxygen atoms in total. The van der Waals surface area contributed by atoms with Crippen LogP contribution >= 0.6 is 0 Å². The Morgan fingerprint density at radius 2 is 2.00 bits per heavy atom. The molecule has 1 heterocycles. The van der Waals surface area contributed by atoms with E-state index in [1.54, 1.807) is 0 Å². The zero-order valence-electron chi connectivity index (χ0n) is 9.99. The van der Waals surface area contributed by atoms with Crippen LogP contribution in [-0.4, -0.2) is 34.7 Å². The van der Waals surface area contributed by atoms with Gasteiger partial charge >= 0.3 is 0 Å². The van der Waals surface area contributed by atoms with E-state index in [2.05, 4.69) is 11.8 Å². The average molecular weight is 211 g/mol. The minimum atomic E-state index is -0.0394. The number of rotatable bonds is 3. The Hall–Kier alpha value is -0.0800. The van der Waals surface area contributed by atoms with E-state index in [0.29, 0.717) is 6.04 Å². The Morgan fingerprint density at radius 3 is 2.67 bits per heavy atom. The van der Waals surface area contributed by atoms with Crippen molar-refractivity contribution in [1.82, 2.24) is 4.90 Å². The summed E-state index contributed by atoms with van der Waals surface area (Å²) in [6.07, 6.45) is 10.1. The first-order chi connectivity index (χ1) is 7.33. The molecule has 1 saturated carbocycles. The maximum absolute atomic E-state index is 9.99. The summed E-state index contributed by atoms with van der Waals surface area (Å²) in [5.74, 6) is 0. The maximum atomic E-state index is 9.99. The van der Waals surface area contributed by atoms with E-state index in [-0.39, 0.29) is 6.10 Å². The molecule has 1 saturated heterocycles. The van der Waals surface area contributed by atoms with E-state index < -0.39 is 0 Å². The highest BCUT2D eigenvalue weighted by Crippen LogP contribution is 2.31. The first-order valence-electron chi connectivity index (χ1n) is 6.76. The van der Waals surface area contributed by atoms with Crippen LogP contribution in [0.15, 0.2) is 0 Å². The molecular formula is C13H25NO. The molecule has 1 N–H and O–H groups in total. The fourth-order valence-electron chi connectivity index (χ4n) is 3.41. The van der Waals surface area contributed by atoms with Crippen molar-refractivity contribution in [2.24, 2.45) is 0 Å². The Bertz CT molecular complexity index is 193. The molecule has 0 aromatic heterocycles. The summed E-state index contributed by atoms with van der Waals surface area (Å²) < 4.78 is 0. The van der Waals surface area contributed by atoms with Gasteiger partial charge in [0.1, 0.15) is 0 Å². The van der Waals surface area contributed by atoms with Gasteiger partial charge in [-0.25, -0.2) is 0 Å². The van der Waals surface area contributed by atoms with Gasteiger partial charge in [0.2, 0.25) is 0 Å². The summed E-state index contributed by atoms with van der Waals surface area (Å²) in [7, 11) is 0. The van der Waals surface area contributed by atoms with Gasteiger partial charge in [0.05, 0.1) is 6.10 Å². The van der Waals surface area contributed by atoms with Crippen LogP contribution in [0.25, 0.3) is 0 Å². The predicted octanol–water partition coefficient (Wildman–Crippen LogP) is 2.55. The van der Waals surface area contributed by atoms with Gasteiger partial charge < -0.3 is 5.11 Å². The largest absolute Gasteiger partial charge is 0.391 e. The van der Waals surface area contributed by atoms with Crippen LogP contribution in [0.5, 0.6) is 0 Å². The Balaban J connectivity index is 1.97. The van der Waals surface area contributed by atoms with Crippen molar-refractivity contribution in [2.45, 2.75) is 76.5 Å². The van der Waals surface area contributed by atoms with Gasteiger partial charge in [0.15, 0.2) is 0 Å². The fourth-order valence-corrected chi connectivity index (χ4v) is 3.41. The molecule has 1 unspecified atom stereocenters. The third-order valence-electron chi connectivity index (χ3n) is 4.16. The maximum Gasteiger partial charge on any atom is 0.0695 e. The molecule has 15 heavy (non-hydrogen) atoms. The third-order valence-corrected chi connectivity index (χ3v) is 4.16. The van der Waals surface area contributed by atoms with Crippen molar-refractivity contribution in [3.05, 3.63) is 0 Å². The van der Waals surface area contributed by atoms with Gasteiger partial charge in [0.25, 0.3) is 0 Å². The monoisotopic (exact) mass is 211 g/mol. The van der Waals surface area contributed by atoms with E-state index >= 15 is 0 Å². The number of likely N-dealkylation sites (tertiary alicyclic amines) is 1. The number of aliphatic hydroxyl groups excluding tert-OH is 1. The molecule has 1 aliphatic carbocycles. The van der Waals surface area contributed by atoms with Crippen LogP contribution in [0.1, 0.15) is 58.3 Å². The second-order valence-corrected chi connectivity index (χ2v) is 5.24. The Kier molecular flexibility index (Phi) is 4.04. The standard InChI is InChI=1S/C13H25NO/c1-2-6-11-7-3-4-10-14(11)12-8-5-9-13(12)15/h11-13,15H,2-10H2,1H3/t11?,12-,13-/m0/s1. The smallest absolute Gasteiger partial charge is 0.0695 e. The lowest BCUT2D eigenvalue weighted by atomic mass is 9.95. The van der Waals surface area contributed by atoms with Gasteiger partial charge in [-0.1, -0.05) is 19.8 Å². The van der Waals surface area contributed by atoms with E-state index in [0.717, 1.165) is 12.5 Å². The third kappa shape index (κ3) is 2.54. The molecular weight excluding hydrogens is 186 g/mol. The molecule has 88 valence electrons. The van der Waals surface area contributed by atoms with Crippen molar-refractivity contribution < 1.29 is 5.11 Å². The first-order valence-corrected chi connectivity index (χ1v) is 6.76. The number of piperidine rings is 1. The molecule has 0 radical (unpaired) electrons. The van der Waals surface area contributed by atoms with Crippen molar-refractivity contribution in [3.8, 4) is 0 Å². The fraction of sp³-hybridized carbons (Fsp3) is 1.00. The van der Waals surface area contributed by atoms with Gasteiger partial charge in [-0.05, 0) is 45.1 Å². The van der Waals surface area contributed by atoms with Crippen molar-refractivity contribution in [2.75, 3.05) is 6.54 Å². The summed E-state index contributed by atoms with van der Waals surface area (Å²) in [4.78, 5) is 2.63. The van der Waals surface area contributed by atoms with Crippen LogP contribution in [0.2, 0.25) is 0 Å². The summed E-state index contributed by atoms with van der Waals surface area (Å²) in [5.41, 5.74) is 0. The molecule has 2 rings (SSSR count). The lowest BCUT2D eigenvalue weighted by Crippen LogP contribution is -2.49. The molecule has 1 aliphatic heterocycles. The SMILES string of the molecule is CCCC1CCCCN1[C@H]1CCC[C@@H]1O. The minimum absolute atomic E-state index is 0.0394. The van der Waals surface area contributed by atoms with Crippen molar-refractivity contribution >= 4 is 0 Å². The molecule has 0 spiro atoms. The topological polar surface area (TPSA) is 23.5 Å². The number of hydrogen-bond acceptors (Lipinski definition) is 2. The highest BCUT2D eigenvalue weighted by molar-refractivity contribution is 4.90. The normalized spacial score (nSPS) is 38.4. The van der Waals surface area contributed by atoms with Crippen LogP contribution in [-0.2, 0) is 0 Å². The molecule has 0 bridgehead atoms. The lowest BCUT2D eigenvalue weighted by molar-refractivity contribution is 0.0219. The van der Waals surface area contributed by atoms with Crippen molar-refractivity contribution in [1.29, 1.82) is 0 Å². The van der Waals surface area contributed by atoms with Gasteiger partial charge in [-0.3, -0.25) is 4.90 Å². The van der Waals surface area contributed by atoms with Crippen molar-refractivity contribution in [3.63, 3.8) is 0 Å². The highest BCUT2D eigenvalue weighted by Gasteiger charge is 2.35. The van der Waals surface area contributed by atoms with Gasteiger partial charge in [-0.15, -0.1) is 0 Å². The second-order valence-electron chi connectivity index (χ2n) is 5.24. The molecule has 0 aromatic rings. The van der Waals surface area contributed by atoms with E-state index in [9.17, 15) is 5.11 Å². The summed E-state index contributed by atoms with van der Waals surface area (Å²) >= 11 is 0. The minimum Gasteiger partial charge on any atom is -0.391 e. The Labute approximate surface area is 93.7 Å². The highest BCUT2D eigenvalue weighted by atomic mass is 16.3. The van der Waals surface area contributed by atoms with E-state index in [1.807, 2.05) is 0 Å². The molecule has 2 fully saturated rings.